The third-order valence-electron chi connectivity index (χ3n) is 4.76. The summed E-state index contributed by atoms with van der Waals surface area (Å²) in [6, 6.07) is 1.70. The van der Waals surface area contributed by atoms with Crippen molar-refractivity contribution in [3.05, 3.63) is 26.7 Å². The molecule has 122 valence electrons. The molecule has 2 aliphatic heterocycles. The number of hydrogen-bond donors (Lipinski definition) is 1. The monoisotopic (exact) mass is 418 g/mol. The Hall–Kier alpha value is -0.690. The number of nitrogens with one attached hydrogen (secondary N) is 1. The van der Waals surface area contributed by atoms with E-state index in [0.717, 1.165) is 38.9 Å². The van der Waals surface area contributed by atoms with Crippen LogP contribution in [0.2, 0.25) is 10.3 Å². The van der Waals surface area contributed by atoms with Crippen LogP contribution in [0.1, 0.15) is 19.3 Å². The summed E-state index contributed by atoms with van der Waals surface area (Å²) in [4.78, 5) is 10.6. The standard InChI is InChI=1S/C15H14BrCl2FN4/c16-10-9(17)6-8-12(11(10)19)21-14(18)22-13(8)23-5-1-2-15(7-23)3-4-20-15/h6,20H,1-5,7H2. The molecule has 1 atom stereocenters. The molecular formula is C15H14BrCl2FN4. The minimum atomic E-state index is -0.508. The fraction of sp³-hybridized carbons (Fsp3) is 0.467. The van der Waals surface area contributed by atoms with Crippen molar-refractivity contribution in [1.29, 1.82) is 0 Å². The van der Waals surface area contributed by atoms with Crippen LogP contribution >= 0.6 is 39.1 Å². The molecule has 1 N–H and O–H groups in total. The van der Waals surface area contributed by atoms with Gasteiger partial charge in [-0.05, 0) is 59.4 Å². The summed E-state index contributed by atoms with van der Waals surface area (Å²) >= 11 is 15.3. The van der Waals surface area contributed by atoms with Crippen molar-refractivity contribution in [2.75, 3.05) is 24.5 Å². The number of benzene rings is 1. The lowest BCUT2D eigenvalue weighted by Crippen LogP contribution is -2.65. The van der Waals surface area contributed by atoms with E-state index in [1.165, 1.54) is 0 Å². The van der Waals surface area contributed by atoms with Gasteiger partial charge < -0.3 is 10.2 Å². The zero-order chi connectivity index (χ0) is 16.2. The first-order chi connectivity index (χ1) is 11.0. The number of nitrogens with zero attached hydrogens (tertiary/aromatic N) is 3. The van der Waals surface area contributed by atoms with E-state index in [-0.39, 0.29) is 20.8 Å². The van der Waals surface area contributed by atoms with Crippen LogP contribution in [0.25, 0.3) is 10.9 Å². The molecule has 1 aromatic heterocycles. The second-order valence-electron chi connectivity index (χ2n) is 6.18. The molecule has 8 heteroatoms. The molecule has 0 amide bonds. The van der Waals surface area contributed by atoms with Crippen LogP contribution in [0.4, 0.5) is 10.2 Å². The van der Waals surface area contributed by atoms with E-state index in [1.807, 2.05) is 0 Å². The molecule has 1 spiro atoms. The molecule has 2 fully saturated rings. The SMILES string of the molecule is Fc1c(Br)c(Cl)cc2c(N3CCCC4(CCN4)C3)nc(Cl)nc12. The molecule has 0 radical (unpaired) electrons. The van der Waals surface area contributed by atoms with Crippen LogP contribution in [-0.2, 0) is 0 Å². The third kappa shape index (κ3) is 2.60. The van der Waals surface area contributed by atoms with Crippen LogP contribution in [0, 0.1) is 5.82 Å². The molecule has 1 unspecified atom stereocenters. The van der Waals surface area contributed by atoms with Crippen molar-refractivity contribution in [1.82, 2.24) is 15.3 Å². The minimum absolute atomic E-state index is 0.0433. The van der Waals surface area contributed by atoms with Crippen LogP contribution in [0.5, 0.6) is 0 Å². The van der Waals surface area contributed by atoms with E-state index in [1.54, 1.807) is 6.07 Å². The Kier molecular flexibility index (Phi) is 3.91. The van der Waals surface area contributed by atoms with Crippen LogP contribution in [0.3, 0.4) is 0 Å². The number of halogens is 4. The Morgan fingerprint density at radius 3 is 2.78 bits per heavy atom. The molecule has 3 heterocycles. The Balaban J connectivity index is 1.86. The van der Waals surface area contributed by atoms with E-state index in [0.29, 0.717) is 16.2 Å². The Bertz CT molecular complexity index is 797. The molecule has 0 saturated carbocycles. The highest BCUT2D eigenvalue weighted by atomic mass is 79.9. The van der Waals surface area contributed by atoms with E-state index >= 15 is 0 Å². The summed E-state index contributed by atoms with van der Waals surface area (Å²) in [6.07, 6.45) is 3.37. The van der Waals surface area contributed by atoms with Gasteiger partial charge in [-0.25, -0.2) is 9.37 Å². The second kappa shape index (κ2) is 5.69. The van der Waals surface area contributed by atoms with Crippen molar-refractivity contribution in [2.45, 2.75) is 24.8 Å². The number of fused-ring (bicyclic) bond motifs is 1. The first kappa shape index (κ1) is 15.8. The van der Waals surface area contributed by atoms with Crippen LogP contribution in [0.15, 0.2) is 10.5 Å². The van der Waals surface area contributed by atoms with Crippen molar-refractivity contribution >= 4 is 55.9 Å². The van der Waals surface area contributed by atoms with E-state index in [2.05, 4.69) is 36.1 Å². The smallest absolute Gasteiger partial charge is 0.225 e. The summed E-state index contributed by atoms with van der Waals surface area (Å²) < 4.78 is 14.7. The van der Waals surface area contributed by atoms with E-state index in [4.69, 9.17) is 23.2 Å². The Morgan fingerprint density at radius 2 is 2.09 bits per heavy atom. The number of rotatable bonds is 1. The summed E-state index contributed by atoms with van der Waals surface area (Å²) in [7, 11) is 0. The molecule has 2 aliphatic rings. The molecule has 23 heavy (non-hydrogen) atoms. The van der Waals surface area contributed by atoms with Gasteiger partial charge in [-0.3, -0.25) is 0 Å². The zero-order valence-corrected chi connectivity index (χ0v) is 15.3. The predicted molar refractivity (Wildman–Crippen MR) is 94.0 cm³/mol. The van der Waals surface area contributed by atoms with Gasteiger partial charge in [-0.15, -0.1) is 0 Å². The van der Waals surface area contributed by atoms with Gasteiger partial charge in [0.1, 0.15) is 11.3 Å². The minimum Gasteiger partial charge on any atom is -0.354 e. The number of anilines is 1. The van der Waals surface area contributed by atoms with Gasteiger partial charge >= 0.3 is 0 Å². The summed E-state index contributed by atoms with van der Waals surface area (Å²) in [5, 5.41) is 4.47. The normalized spacial score (nSPS) is 24.3. The third-order valence-corrected chi connectivity index (χ3v) is 6.23. The highest BCUT2D eigenvalue weighted by molar-refractivity contribution is 9.10. The van der Waals surface area contributed by atoms with Crippen LogP contribution in [-0.4, -0.2) is 35.1 Å². The molecule has 4 nitrogen and oxygen atoms in total. The van der Waals surface area contributed by atoms with Gasteiger partial charge in [0.15, 0.2) is 5.82 Å². The summed E-state index contributed by atoms with van der Waals surface area (Å²) in [5.41, 5.74) is 0.345. The van der Waals surface area contributed by atoms with Crippen LogP contribution < -0.4 is 10.2 Å². The maximum absolute atomic E-state index is 14.5. The number of hydrogen-bond acceptors (Lipinski definition) is 4. The Morgan fingerprint density at radius 1 is 1.30 bits per heavy atom. The summed E-state index contributed by atoms with van der Waals surface area (Å²) in [5.74, 6) is 0.146. The maximum atomic E-state index is 14.5. The van der Waals surface area contributed by atoms with Crippen molar-refractivity contribution in [2.24, 2.45) is 0 Å². The molecule has 2 saturated heterocycles. The average Bonchev–Trinajstić information content (AvgIpc) is 2.52. The van der Waals surface area contributed by atoms with Gasteiger partial charge in [0, 0.05) is 24.0 Å². The molecular weight excluding hydrogens is 406 g/mol. The highest BCUT2D eigenvalue weighted by Crippen LogP contribution is 2.38. The first-order valence-electron chi connectivity index (χ1n) is 7.50. The lowest BCUT2D eigenvalue weighted by molar-refractivity contribution is 0.174. The predicted octanol–water partition coefficient (Wildman–Crippen LogP) is 4.17. The van der Waals surface area contributed by atoms with E-state index in [9.17, 15) is 4.39 Å². The van der Waals surface area contributed by atoms with Gasteiger partial charge in [-0.2, -0.15) is 4.98 Å². The second-order valence-corrected chi connectivity index (χ2v) is 7.72. The van der Waals surface area contributed by atoms with E-state index < -0.39 is 5.82 Å². The van der Waals surface area contributed by atoms with Gasteiger partial charge in [0.05, 0.1) is 9.50 Å². The maximum Gasteiger partial charge on any atom is 0.225 e. The van der Waals surface area contributed by atoms with Crippen molar-refractivity contribution in [3.63, 3.8) is 0 Å². The fourth-order valence-corrected chi connectivity index (χ4v) is 4.17. The Labute approximate surface area is 151 Å². The number of piperidine rings is 1. The van der Waals surface area contributed by atoms with Gasteiger partial charge in [0.2, 0.25) is 5.28 Å². The average molecular weight is 420 g/mol. The molecule has 1 aromatic carbocycles. The molecule has 2 aromatic rings. The topological polar surface area (TPSA) is 41.0 Å². The molecule has 0 bridgehead atoms. The first-order valence-corrected chi connectivity index (χ1v) is 9.05. The quantitative estimate of drug-likeness (QED) is 0.556. The van der Waals surface area contributed by atoms with Crippen molar-refractivity contribution < 1.29 is 4.39 Å². The van der Waals surface area contributed by atoms with Crippen molar-refractivity contribution in [3.8, 4) is 0 Å². The summed E-state index contributed by atoms with van der Waals surface area (Å²) in [6.45, 7) is 2.75. The van der Waals surface area contributed by atoms with Gasteiger partial charge in [0.25, 0.3) is 0 Å². The zero-order valence-electron chi connectivity index (χ0n) is 12.2. The molecule has 4 rings (SSSR count). The van der Waals surface area contributed by atoms with Gasteiger partial charge in [-0.1, -0.05) is 11.6 Å². The number of aromatic nitrogens is 2. The molecule has 0 aliphatic carbocycles. The lowest BCUT2D eigenvalue weighted by atomic mass is 9.80. The highest BCUT2D eigenvalue weighted by Gasteiger charge is 2.41. The lowest BCUT2D eigenvalue weighted by Gasteiger charge is -2.50. The fourth-order valence-electron chi connectivity index (χ4n) is 3.51. The largest absolute Gasteiger partial charge is 0.354 e.